The maximum Gasteiger partial charge on any atom is 0.270 e. The number of para-hydroxylation sites is 2. The molecule has 0 fully saturated rings. The van der Waals surface area contributed by atoms with Gasteiger partial charge in [-0.2, -0.15) is 0 Å². The molecule has 3 rings (SSSR count). The Labute approximate surface area is 157 Å². The number of aromatic nitrogens is 1. The summed E-state index contributed by atoms with van der Waals surface area (Å²) in [5.41, 5.74) is 1.31. The van der Waals surface area contributed by atoms with Crippen molar-refractivity contribution in [2.45, 2.75) is 16.5 Å². The Morgan fingerprint density at radius 2 is 2.12 bits per heavy atom. The van der Waals surface area contributed by atoms with Crippen molar-refractivity contribution < 1.29 is 14.5 Å². The van der Waals surface area contributed by atoms with Crippen LogP contribution in [0.3, 0.4) is 0 Å². The number of rotatable bonds is 6. The number of nitrogens with one attached hydrogen (secondary N) is 1. The minimum atomic E-state index is -0.435. The van der Waals surface area contributed by atoms with E-state index >= 15 is 0 Å². The van der Waals surface area contributed by atoms with Gasteiger partial charge in [-0.25, -0.2) is 4.98 Å². The zero-order chi connectivity index (χ0) is 18.7. The van der Waals surface area contributed by atoms with Crippen LogP contribution in [0.4, 0.5) is 11.4 Å². The molecule has 9 heteroatoms. The van der Waals surface area contributed by atoms with Crippen molar-refractivity contribution in [1.29, 1.82) is 0 Å². The monoisotopic (exact) mass is 389 g/mol. The maximum atomic E-state index is 12.4. The van der Waals surface area contributed by atoms with E-state index < -0.39 is 10.2 Å². The van der Waals surface area contributed by atoms with Gasteiger partial charge in [-0.15, -0.1) is 11.3 Å². The summed E-state index contributed by atoms with van der Waals surface area (Å²) in [4.78, 5) is 27.3. The minimum absolute atomic E-state index is 0.0275. The molecule has 1 aromatic heterocycles. The summed E-state index contributed by atoms with van der Waals surface area (Å²) in [5.74, 6) is 0.412. The molecule has 0 aliphatic heterocycles. The molecule has 0 bridgehead atoms. The third kappa shape index (κ3) is 3.94. The van der Waals surface area contributed by atoms with Crippen LogP contribution in [0.5, 0.6) is 5.75 Å². The number of non-ortho nitro benzene ring substituents is 1. The third-order valence-electron chi connectivity index (χ3n) is 3.57. The number of benzene rings is 2. The predicted octanol–water partition coefficient (Wildman–Crippen LogP) is 4.33. The molecule has 7 nitrogen and oxygen atoms in total. The fourth-order valence-corrected chi connectivity index (χ4v) is 4.49. The zero-order valence-corrected chi connectivity index (χ0v) is 15.6. The molecule has 0 unspecified atom stereocenters. The Kier molecular flexibility index (Phi) is 5.38. The maximum absolute atomic E-state index is 12.4. The van der Waals surface area contributed by atoms with E-state index in [1.807, 2.05) is 12.1 Å². The highest BCUT2D eigenvalue weighted by atomic mass is 32.2. The molecule has 0 spiro atoms. The highest BCUT2D eigenvalue weighted by Crippen LogP contribution is 2.34. The van der Waals surface area contributed by atoms with E-state index in [-0.39, 0.29) is 11.6 Å². The standard InChI is InChI=1S/C17H15N3O4S2/c1-10(16(21)18-12-5-3-4-6-14(12)24-2)25-17-19-13-8-7-11(20(22)23)9-15(13)26-17/h3-10H,1-2H3,(H,18,21)/t10-/m1/s1. The number of ether oxygens (including phenoxy) is 1. The molecule has 3 aromatic rings. The topological polar surface area (TPSA) is 94.4 Å². The van der Waals surface area contributed by atoms with Crippen LogP contribution in [0.15, 0.2) is 46.8 Å². The van der Waals surface area contributed by atoms with Crippen molar-refractivity contribution in [3.8, 4) is 5.75 Å². The Morgan fingerprint density at radius 3 is 2.85 bits per heavy atom. The number of hydrogen-bond acceptors (Lipinski definition) is 7. The van der Waals surface area contributed by atoms with Crippen molar-refractivity contribution >= 4 is 50.6 Å². The number of nitro groups is 1. The van der Waals surface area contributed by atoms with E-state index in [0.29, 0.717) is 21.3 Å². The van der Waals surface area contributed by atoms with Gasteiger partial charge in [-0.1, -0.05) is 23.9 Å². The van der Waals surface area contributed by atoms with Crippen molar-refractivity contribution in [2.24, 2.45) is 0 Å². The lowest BCUT2D eigenvalue weighted by Crippen LogP contribution is -2.22. The first kappa shape index (κ1) is 18.2. The number of nitrogens with zero attached hydrogens (tertiary/aromatic N) is 2. The van der Waals surface area contributed by atoms with Gasteiger partial charge >= 0.3 is 0 Å². The molecule has 1 N–H and O–H groups in total. The van der Waals surface area contributed by atoms with Gasteiger partial charge in [0.1, 0.15) is 5.75 Å². The SMILES string of the molecule is COc1ccccc1NC(=O)[C@@H](C)Sc1nc2ccc([N+](=O)[O-])cc2s1. The van der Waals surface area contributed by atoms with Gasteiger partial charge in [-0.05, 0) is 25.1 Å². The molecular weight excluding hydrogens is 374 g/mol. The molecule has 0 saturated carbocycles. The summed E-state index contributed by atoms with van der Waals surface area (Å²) in [6.45, 7) is 1.78. The number of nitro benzene ring substituents is 1. The summed E-state index contributed by atoms with van der Waals surface area (Å²) in [6, 6.07) is 11.7. The normalized spacial score (nSPS) is 11.9. The number of amides is 1. The number of methoxy groups -OCH3 is 1. The van der Waals surface area contributed by atoms with Crippen LogP contribution >= 0.6 is 23.1 Å². The summed E-state index contributed by atoms with van der Waals surface area (Å²) in [7, 11) is 1.55. The minimum Gasteiger partial charge on any atom is -0.495 e. The number of anilines is 1. The van der Waals surface area contributed by atoms with E-state index in [2.05, 4.69) is 10.3 Å². The third-order valence-corrected chi connectivity index (χ3v) is 5.79. The largest absolute Gasteiger partial charge is 0.495 e. The van der Waals surface area contributed by atoms with Gasteiger partial charge in [0.05, 0.1) is 33.2 Å². The first-order valence-electron chi connectivity index (χ1n) is 7.63. The molecule has 0 aliphatic carbocycles. The molecule has 1 heterocycles. The van der Waals surface area contributed by atoms with Gasteiger partial charge in [0, 0.05) is 12.1 Å². The summed E-state index contributed by atoms with van der Waals surface area (Å²) in [6.07, 6.45) is 0. The van der Waals surface area contributed by atoms with Crippen molar-refractivity contribution in [3.05, 3.63) is 52.6 Å². The molecular formula is C17H15N3O4S2. The van der Waals surface area contributed by atoms with Crippen LogP contribution in [0.25, 0.3) is 10.2 Å². The molecule has 2 aromatic carbocycles. The zero-order valence-electron chi connectivity index (χ0n) is 14.0. The second-order valence-electron chi connectivity index (χ2n) is 5.34. The highest BCUT2D eigenvalue weighted by molar-refractivity contribution is 8.02. The lowest BCUT2D eigenvalue weighted by Gasteiger charge is -2.13. The summed E-state index contributed by atoms with van der Waals surface area (Å²) >= 11 is 2.64. The quantitative estimate of drug-likeness (QED) is 0.383. The first-order valence-corrected chi connectivity index (χ1v) is 9.33. The summed E-state index contributed by atoms with van der Waals surface area (Å²) < 4.78 is 6.63. The lowest BCUT2D eigenvalue weighted by molar-refractivity contribution is -0.384. The summed E-state index contributed by atoms with van der Waals surface area (Å²) in [5, 5.41) is 13.3. The van der Waals surface area contributed by atoms with E-state index in [1.54, 1.807) is 32.2 Å². The van der Waals surface area contributed by atoms with E-state index in [9.17, 15) is 14.9 Å². The molecule has 0 radical (unpaired) electrons. The second kappa shape index (κ2) is 7.71. The van der Waals surface area contributed by atoms with Crippen molar-refractivity contribution in [3.63, 3.8) is 0 Å². The number of carbonyl (C=O) groups is 1. The number of hydrogen-bond donors (Lipinski definition) is 1. The highest BCUT2D eigenvalue weighted by Gasteiger charge is 2.19. The number of thioether (sulfide) groups is 1. The Hall–Kier alpha value is -2.65. The average Bonchev–Trinajstić information content (AvgIpc) is 3.03. The predicted molar refractivity (Wildman–Crippen MR) is 103 cm³/mol. The van der Waals surface area contributed by atoms with Crippen LogP contribution < -0.4 is 10.1 Å². The number of fused-ring (bicyclic) bond motifs is 1. The van der Waals surface area contributed by atoms with Gasteiger partial charge in [-0.3, -0.25) is 14.9 Å². The molecule has 0 saturated heterocycles. The lowest BCUT2D eigenvalue weighted by atomic mass is 10.3. The van der Waals surface area contributed by atoms with E-state index in [4.69, 9.17) is 4.74 Å². The van der Waals surface area contributed by atoms with E-state index in [0.717, 1.165) is 4.70 Å². The molecule has 134 valence electrons. The molecule has 1 amide bonds. The fraction of sp³-hybridized carbons (Fsp3) is 0.176. The van der Waals surface area contributed by atoms with Crippen LogP contribution in [-0.4, -0.2) is 28.2 Å². The van der Waals surface area contributed by atoms with Gasteiger partial charge < -0.3 is 10.1 Å². The Balaban J connectivity index is 1.72. The smallest absolute Gasteiger partial charge is 0.270 e. The van der Waals surface area contributed by atoms with Gasteiger partial charge in [0.25, 0.3) is 5.69 Å². The van der Waals surface area contributed by atoms with Crippen LogP contribution in [-0.2, 0) is 4.79 Å². The van der Waals surface area contributed by atoms with Crippen LogP contribution in [0.2, 0.25) is 0 Å². The average molecular weight is 389 g/mol. The second-order valence-corrected chi connectivity index (χ2v) is 7.96. The number of carbonyl (C=O) groups excluding carboxylic acids is 1. The molecule has 26 heavy (non-hydrogen) atoms. The fourth-order valence-electron chi connectivity index (χ4n) is 2.24. The Bertz CT molecular complexity index is 974. The van der Waals surface area contributed by atoms with Gasteiger partial charge in [0.2, 0.25) is 5.91 Å². The molecule has 0 aliphatic rings. The van der Waals surface area contributed by atoms with E-state index in [1.165, 1.54) is 35.2 Å². The van der Waals surface area contributed by atoms with Crippen molar-refractivity contribution in [1.82, 2.24) is 4.98 Å². The van der Waals surface area contributed by atoms with Gasteiger partial charge in [0.15, 0.2) is 4.34 Å². The number of thiazole rings is 1. The van der Waals surface area contributed by atoms with Crippen LogP contribution in [0.1, 0.15) is 6.92 Å². The molecule has 1 atom stereocenters. The van der Waals surface area contributed by atoms with Crippen LogP contribution in [0, 0.1) is 10.1 Å². The van der Waals surface area contributed by atoms with Crippen molar-refractivity contribution in [2.75, 3.05) is 12.4 Å². The Morgan fingerprint density at radius 1 is 1.35 bits per heavy atom. The first-order chi connectivity index (χ1) is 12.5.